The molecule has 1 aliphatic carbocycles. The molecule has 1 aliphatic rings. The van der Waals surface area contributed by atoms with Crippen molar-refractivity contribution >= 4 is 28.5 Å². The second-order valence-electron chi connectivity index (χ2n) is 5.80. The molecule has 1 fully saturated rings. The van der Waals surface area contributed by atoms with Gasteiger partial charge in [-0.05, 0) is 43.5 Å². The van der Waals surface area contributed by atoms with Crippen molar-refractivity contribution in [3.05, 3.63) is 36.5 Å². The minimum atomic E-state index is -0.797. The van der Waals surface area contributed by atoms with Gasteiger partial charge in [0, 0.05) is 23.2 Å². The van der Waals surface area contributed by atoms with Gasteiger partial charge in [-0.3, -0.25) is 14.6 Å². The molecule has 1 aromatic carbocycles. The van der Waals surface area contributed by atoms with E-state index in [2.05, 4.69) is 10.3 Å². The van der Waals surface area contributed by atoms with E-state index in [9.17, 15) is 9.59 Å². The number of carboxylic acid groups (broad SMARTS) is 1. The van der Waals surface area contributed by atoms with Crippen molar-refractivity contribution in [2.24, 2.45) is 11.8 Å². The summed E-state index contributed by atoms with van der Waals surface area (Å²) in [7, 11) is 0. The molecule has 3 rings (SSSR count). The van der Waals surface area contributed by atoms with Gasteiger partial charge in [-0.15, -0.1) is 0 Å². The molecule has 1 heterocycles. The first kappa shape index (κ1) is 14.5. The Hall–Kier alpha value is -2.43. The highest BCUT2D eigenvalue weighted by Crippen LogP contribution is 2.30. The highest BCUT2D eigenvalue weighted by molar-refractivity contribution is 5.95. The highest BCUT2D eigenvalue weighted by Gasteiger charge is 2.30. The first-order valence-corrected chi connectivity index (χ1v) is 7.52. The third kappa shape index (κ3) is 3.08. The van der Waals surface area contributed by atoms with Crippen molar-refractivity contribution in [1.29, 1.82) is 0 Å². The third-order valence-electron chi connectivity index (χ3n) is 4.26. The van der Waals surface area contributed by atoms with Crippen LogP contribution in [-0.2, 0) is 9.59 Å². The molecule has 2 atom stereocenters. The summed E-state index contributed by atoms with van der Waals surface area (Å²) in [5.41, 5.74) is 1.60. The topological polar surface area (TPSA) is 79.3 Å². The standard InChI is InChI=1S/C17H18N2O3/c20-16(12-3-1-4-13(9-12)17(21)22)19-14-6-7-15-11(10-14)5-2-8-18-15/h2,5-8,10,12-13H,1,3-4,9H2,(H,19,20)(H,21,22). The Kier molecular flexibility index (Phi) is 4.04. The number of nitrogens with one attached hydrogen (secondary N) is 1. The fourth-order valence-corrected chi connectivity index (χ4v) is 3.05. The highest BCUT2D eigenvalue weighted by atomic mass is 16.4. The number of carboxylic acids is 1. The SMILES string of the molecule is O=C(O)C1CCCC(C(=O)Nc2ccc3ncccc3c2)C1. The second kappa shape index (κ2) is 6.13. The Labute approximate surface area is 128 Å². The van der Waals surface area contributed by atoms with Crippen molar-refractivity contribution in [3.8, 4) is 0 Å². The summed E-state index contributed by atoms with van der Waals surface area (Å²) in [6.07, 6.45) is 4.37. The van der Waals surface area contributed by atoms with Gasteiger partial charge in [0.15, 0.2) is 0 Å². The zero-order valence-corrected chi connectivity index (χ0v) is 12.2. The predicted octanol–water partition coefficient (Wildman–Crippen LogP) is 3.06. The van der Waals surface area contributed by atoms with E-state index < -0.39 is 11.9 Å². The van der Waals surface area contributed by atoms with Crippen LogP contribution in [0.1, 0.15) is 25.7 Å². The number of hydrogen-bond acceptors (Lipinski definition) is 3. The number of hydrogen-bond donors (Lipinski definition) is 2. The van der Waals surface area contributed by atoms with E-state index in [4.69, 9.17) is 5.11 Å². The normalized spacial score (nSPS) is 21.5. The van der Waals surface area contributed by atoms with Crippen molar-refractivity contribution in [2.75, 3.05) is 5.32 Å². The molecule has 114 valence electrons. The summed E-state index contributed by atoms with van der Waals surface area (Å²) < 4.78 is 0. The van der Waals surface area contributed by atoms with Crippen LogP contribution in [0.25, 0.3) is 10.9 Å². The number of fused-ring (bicyclic) bond motifs is 1. The van der Waals surface area contributed by atoms with Crippen LogP contribution in [0.4, 0.5) is 5.69 Å². The van der Waals surface area contributed by atoms with Gasteiger partial charge < -0.3 is 10.4 Å². The summed E-state index contributed by atoms with van der Waals surface area (Å²) >= 11 is 0. The second-order valence-corrected chi connectivity index (χ2v) is 5.80. The van der Waals surface area contributed by atoms with Crippen LogP contribution < -0.4 is 5.32 Å². The Morgan fingerprint density at radius 2 is 2.00 bits per heavy atom. The first-order valence-electron chi connectivity index (χ1n) is 7.52. The molecular weight excluding hydrogens is 280 g/mol. The molecule has 2 aromatic rings. The van der Waals surface area contributed by atoms with Gasteiger partial charge in [0.2, 0.25) is 5.91 Å². The van der Waals surface area contributed by atoms with E-state index in [1.54, 1.807) is 6.20 Å². The summed E-state index contributed by atoms with van der Waals surface area (Å²) in [5.74, 6) is -1.51. The van der Waals surface area contributed by atoms with Gasteiger partial charge in [-0.1, -0.05) is 12.5 Å². The lowest BCUT2D eigenvalue weighted by Gasteiger charge is -2.25. The number of pyridine rings is 1. The van der Waals surface area contributed by atoms with Crippen molar-refractivity contribution < 1.29 is 14.7 Å². The van der Waals surface area contributed by atoms with Crippen LogP contribution in [0.5, 0.6) is 0 Å². The van der Waals surface area contributed by atoms with Gasteiger partial charge in [0.1, 0.15) is 0 Å². The van der Waals surface area contributed by atoms with E-state index in [0.717, 1.165) is 29.4 Å². The number of aromatic nitrogens is 1. The van der Waals surface area contributed by atoms with Crippen LogP contribution in [0.15, 0.2) is 36.5 Å². The molecule has 22 heavy (non-hydrogen) atoms. The average Bonchev–Trinajstić information content (AvgIpc) is 2.55. The predicted molar refractivity (Wildman–Crippen MR) is 83.5 cm³/mol. The molecule has 5 nitrogen and oxygen atoms in total. The van der Waals surface area contributed by atoms with Crippen molar-refractivity contribution in [1.82, 2.24) is 4.98 Å². The smallest absolute Gasteiger partial charge is 0.306 e. The number of nitrogens with zero attached hydrogens (tertiary/aromatic N) is 1. The fraction of sp³-hybridized carbons (Fsp3) is 0.353. The summed E-state index contributed by atoms with van der Waals surface area (Å²) in [6, 6.07) is 9.37. The monoisotopic (exact) mass is 298 g/mol. The van der Waals surface area contributed by atoms with Gasteiger partial charge in [-0.2, -0.15) is 0 Å². The van der Waals surface area contributed by atoms with Gasteiger partial charge in [0.05, 0.1) is 11.4 Å². The summed E-state index contributed by atoms with van der Waals surface area (Å²) in [4.78, 5) is 27.7. The molecule has 1 saturated carbocycles. The maximum Gasteiger partial charge on any atom is 0.306 e. The molecular formula is C17H18N2O3. The van der Waals surface area contributed by atoms with Crippen LogP contribution in [0, 0.1) is 11.8 Å². The Balaban J connectivity index is 1.71. The molecule has 0 saturated heterocycles. The lowest BCUT2D eigenvalue weighted by molar-refractivity contribution is -0.143. The van der Waals surface area contributed by atoms with Crippen LogP contribution in [0.3, 0.4) is 0 Å². The molecule has 2 N–H and O–H groups in total. The summed E-state index contributed by atoms with van der Waals surface area (Å²) in [6.45, 7) is 0. The Morgan fingerprint density at radius 1 is 1.18 bits per heavy atom. The van der Waals surface area contributed by atoms with Crippen LogP contribution in [-0.4, -0.2) is 22.0 Å². The van der Waals surface area contributed by atoms with Crippen LogP contribution in [0.2, 0.25) is 0 Å². The zero-order valence-electron chi connectivity index (χ0n) is 12.2. The number of rotatable bonds is 3. The zero-order chi connectivity index (χ0) is 15.5. The number of benzene rings is 1. The number of carbonyl (C=O) groups is 2. The Bertz CT molecular complexity index is 714. The molecule has 0 spiro atoms. The number of anilines is 1. The molecule has 0 aliphatic heterocycles. The molecule has 5 heteroatoms. The van der Waals surface area contributed by atoms with Crippen molar-refractivity contribution in [3.63, 3.8) is 0 Å². The largest absolute Gasteiger partial charge is 0.481 e. The van der Waals surface area contributed by atoms with Gasteiger partial charge in [0.25, 0.3) is 0 Å². The molecule has 2 unspecified atom stereocenters. The van der Waals surface area contributed by atoms with E-state index in [1.807, 2.05) is 30.3 Å². The molecule has 1 amide bonds. The first-order chi connectivity index (χ1) is 10.6. The van der Waals surface area contributed by atoms with E-state index >= 15 is 0 Å². The van der Waals surface area contributed by atoms with E-state index in [-0.39, 0.29) is 11.8 Å². The molecule has 0 bridgehead atoms. The molecule has 0 radical (unpaired) electrons. The average molecular weight is 298 g/mol. The van der Waals surface area contributed by atoms with E-state index in [0.29, 0.717) is 12.8 Å². The van der Waals surface area contributed by atoms with Crippen molar-refractivity contribution in [2.45, 2.75) is 25.7 Å². The van der Waals surface area contributed by atoms with Gasteiger partial charge in [-0.25, -0.2) is 0 Å². The summed E-state index contributed by atoms with van der Waals surface area (Å²) in [5, 5.41) is 13.0. The van der Waals surface area contributed by atoms with Crippen LogP contribution >= 0.6 is 0 Å². The maximum atomic E-state index is 12.4. The fourth-order valence-electron chi connectivity index (χ4n) is 3.05. The maximum absolute atomic E-state index is 12.4. The number of aliphatic carboxylic acids is 1. The minimum absolute atomic E-state index is 0.0887. The third-order valence-corrected chi connectivity index (χ3v) is 4.26. The minimum Gasteiger partial charge on any atom is -0.481 e. The number of amides is 1. The lowest BCUT2D eigenvalue weighted by Crippen LogP contribution is -2.30. The van der Waals surface area contributed by atoms with Gasteiger partial charge >= 0.3 is 5.97 Å². The lowest BCUT2D eigenvalue weighted by atomic mass is 9.81. The molecule has 1 aromatic heterocycles. The quantitative estimate of drug-likeness (QED) is 0.912. The number of carbonyl (C=O) groups excluding carboxylic acids is 1. The van der Waals surface area contributed by atoms with E-state index in [1.165, 1.54) is 0 Å². The Morgan fingerprint density at radius 3 is 2.82 bits per heavy atom.